The number of allylic oxidation sites excluding steroid dienone is 1. The molecule has 2 N–H and O–H groups in total. The van der Waals surface area contributed by atoms with Crippen molar-refractivity contribution in [2.75, 3.05) is 20.8 Å². The number of hydrogen-bond acceptors (Lipinski definition) is 5. The number of amides is 2. The van der Waals surface area contributed by atoms with Crippen molar-refractivity contribution < 1.29 is 23.8 Å². The van der Waals surface area contributed by atoms with Gasteiger partial charge in [-0.05, 0) is 31.5 Å². The zero-order valence-corrected chi connectivity index (χ0v) is 14.3. The van der Waals surface area contributed by atoms with Crippen molar-refractivity contribution in [2.24, 2.45) is 0 Å². The fraction of sp³-hybridized carbons (Fsp3) is 0.412. The van der Waals surface area contributed by atoms with Gasteiger partial charge in [0.2, 0.25) is 0 Å². The standard InChI is InChI=1S/C17H22N2O5/c1-5-8-24-16(20)14-10(2)18-17(21)19-15(14)12-9-11(22-3)6-7-13(12)23-4/h6-7,9,15H,5,8H2,1-4H3,(H2,18,19,21)/t15-/m1/s1. The maximum Gasteiger partial charge on any atom is 0.338 e. The molecule has 0 fully saturated rings. The molecule has 7 nitrogen and oxygen atoms in total. The van der Waals surface area contributed by atoms with Crippen molar-refractivity contribution in [1.82, 2.24) is 10.6 Å². The monoisotopic (exact) mass is 334 g/mol. The lowest BCUT2D eigenvalue weighted by atomic mass is 9.94. The van der Waals surface area contributed by atoms with E-state index in [4.69, 9.17) is 14.2 Å². The Bertz CT molecular complexity index is 669. The van der Waals surface area contributed by atoms with E-state index in [2.05, 4.69) is 10.6 Å². The summed E-state index contributed by atoms with van der Waals surface area (Å²) in [6.45, 7) is 3.89. The molecule has 1 atom stereocenters. The zero-order chi connectivity index (χ0) is 17.7. The highest BCUT2D eigenvalue weighted by Crippen LogP contribution is 2.35. The second-order valence-electron chi connectivity index (χ2n) is 5.31. The summed E-state index contributed by atoms with van der Waals surface area (Å²) in [6.07, 6.45) is 0.713. The highest BCUT2D eigenvalue weighted by atomic mass is 16.5. The van der Waals surface area contributed by atoms with E-state index < -0.39 is 18.0 Å². The molecule has 1 heterocycles. The summed E-state index contributed by atoms with van der Waals surface area (Å²) in [4.78, 5) is 24.4. The van der Waals surface area contributed by atoms with E-state index in [1.807, 2.05) is 6.92 Å². The van der Waals surface area contributed by atoms with Gasteiger partial charge in [-0.1, -0.05) is 6.92 Å². The Labute approximate surface area is 141 Å². The third-order valence-electron chi connectivity index (χ3n) is 3.67. The van der Waals surface area contributed by atoms with E-state index in [0.717, 1.165) is 0 Å². The van der Waals surface area contributed by atoms with Gasteiger partial charge in [0.1, 0.15) is 11.5 Å². The first-order chi connectivity index (χ1) is 11.5. The van der Waals surface area contributed by atoms with Gasteiger partial charge >= 0.3 is 12.0 Å². The van der Waals surface area contributed by atoms with Gasteiger partial charge in [-0.3, -0.25) is 0 Å². The number of methoxy groups -OCH3 is 2. The molecule has 1 aromatic carbocycles. The van der Waals surface area contributed by atoms with Crippen molar-refractivity contribution in [3.63, 3.8) is 0 Å². The first-order valence-corrected chi connectivity index (χ1v) is 7.69. The van der Waals surface area contributed by atoms with Gasteiger partial charge in [0, 0.05) is 11.3 Å². The van der Waals surface area contributed by atoms with Gasteiger partial charge in [0.25, 0.3) is 0 Å². The summed E-state index contributed by atoms with van der Waals surface area (Å²) in [5.41, 5.74) is 1.42. The Hall–Kier alpha value is -2.70. The molecule has 1 aliphatic rings. The van der Waals surface area contributed by atoms with E-state index >= 15 is 0 Å². The van der Waals surface area contributed by atoms with Crippen LogP contribution in [0.3, 0.4) is 0 Å². The predicted octanol–water partition coefficient (Wildman–Crippen LogP) is 2.28. The molecule has 1 aliphatic heterocycles. The van der Waals surface area contributed by atoms with Gasteiger partial charge < -0.3 is 24.8 Å². The largest absolute Gasteiger partial charge is 0.497 e. The molecule has 2 amide bonds. The molecule has 0 spiro atoms. The molecule has 0 bridgehead atoms. The number of urea groups is 1. The number of nitrogens with one attached hydrogen (secondary N) is 2. The second kappa shape index (κ2) is 7.72. The van der Waals surface area contributed by atoms with Crippen LogP contribution in [0.15, 0.2) is 29.5 Å². The predicted molar refractivity (Wildman–Crippen MR) is 87.9 cm³/mol. The summed E-state index contributed by atoms with van der Waals surface area (Å²) >= 11 is 0. The summed E-state index contributed by atoms with van der Waals surface area (Å²) in [5, 5.41) is 5.36. The third kappa shape index (κ3) is 3.61. The first kappa shape index (κ1) is 17.7. The second-order valence-corrected chi connectivity index (χ2v) is 5.31. The quantitative estimate of drug-likeness (QED) is 0.780. The van der Waals surface area contributed by atoms with Crippen LogP contribution in [-0.2, 0) is 9.53 Å². The highest BCUT2D eigenvalue weighted by molar-refractivity contribution is 5.95. The van der Waals surface area contributed by atoms with Crippen LogP contribution >= 0.6 is 0 Å². The lowest BCUT2D eigenvalue weighted by molar-refractivity contribution is -0.139. The van der Waals surface area contributed by atoms with Crippen LogP contribution in [0, 0.1) is 0 Å². The molecule has 0 aromatic heterocycles. The Morgan fingerprint density at radius 3 is 2.62 bits per heavy atom. The van der Waals surface area contributed by atoms with Crippen LogP contribution in [0.4, 0.5) is 4.79 Å². The minimum absolute atomic E-state index is 0.311. The number of carbonyl (C=O) groups excluding carboxylic acids is 2. The average Bonchev–Trinajstić information content (AvgIpc) is 2.58. The van der Waals surface area contributed by atoms with Crippen LogP contribution < -0.4 is 20.1 Å². The van der Waals surface area contributed by atoms with Crippen LogP contribution in [0.2, 0.25) is 0 Å². The topological polar surface area (TPSA) is 85.9 Å². The molecule has 0 radical (unpaired) electrons. The van der Waals surface area contributed by atoms with Crippen LogP contribution in [-0.4, -0.2) is 32.8 Å². The minimum atomic E-state index is -0.687. The summed E-state index contributed by atoms with van der Waals surface area (Å²) in [6, 6.07) is 4.13. The minimum Gasteiger partial charge on any atom is -0.497 e. The molecule has 7 heteroatoms. The lowest BCUT2D eigenvalue weighted by Gasteiger charge is -2.29. The highest BCUT2D eigenvalue weighted by Gasteiger charge is 2.34. The van der Waals surface area contributed by atoms with Crippen molar-refractivity contribution in [3.05, 3.63) is 35.0 Å². The number of benzene rings is 1. The molecule has 0 saturated carbocycles. The Kier molecular flexibility index (Phi) is 5.68. The van der Waals surface area contributed by atoms with E-state index in [0.29, 0.717) is 41.4 Å². The number of rotatable bonds is 6. The van der Waals surface area contributed by atoms with E-state index in [1.54, 1.807) is 32.2 Å². The van der Waals surface area contributed by atoms with Gasteiger partial charge in [-0.2, -0.15) is 0 Å². The zero-order valence-electron chi connectivity index (χ0n) is 14.3. The van der Waals surface area contributed by atoms with Crippen molar-refractivity contribution in [1.29, 1.82) is 0 Å². The van der Waals surface area contributed by atoms with Crippen molar-refractivity contribution in [2.45, 2.75) is 26.3 Å². The summed E-state index contributed by atoms with van der Waals surface area (Å²) in [5.74, 6) is 0.658. The Morgan fingerprint density at radius 2 is 2.00 bits per heavy atom. The van der Waals surface area contributed by atoms with Crippen LogP contribution in [0.25, 0.3) is 0 Å². The normalized spacial score (nSPS) is 17.0. The molecule has 2 rings (SSSR count). The molecule has 130 valence electrons. The van der Waals surface area contributed by atoms with Gasteiger partial charge in [-0.15, -0.1) is 0 Å². The molecule has 0 aliphatic carbocycles. The number of esters is 1. The van der Waals surface area contributed by atoms with Crippen LogP contribution in [0.5, 0.6) is 11.5 Å². The van der Waals surface area contributed by atoms with E-state index in [9.17, 15) is 9.59 Å². The van der Waals surface area contributed by atoms with Crippen LogP contribution in [0.1, 0.15) is 31.9 Å². The van der Waals surface area contributed by atoms with Gasteiger partial charge in [0.05, 0.1) is 32.4 Å². The van der Waals surface area contributed by atoms with E-state index in [1.165, 1.54) is 7.11 Å². The Balaban J connectivity index is 2.50. The molecule has 1 aromatic rings. The molecule has 0 saturated heterocycles. The fourth-order valence-corrected chi connectivity index (χ4v) is 2.54. The number of carbonyl (C=O) groups is 2. The first-order valence-electron chi connectivity index (χ1n) is 7.69. The maximum atomic E-state index is 12.5. The maximum absolute atomic E-state index is 12.5. The van der Waals surface area contributed by atoms with Crippen molar-refractivity contribution >= 4 is 12.0 Å². The smallest absolute Gasteiger partial charge is 0.338 e. The summed E-state index contributed by atoms with van der Waals surface area (Å²) in [7, 11) is 3.07. The third-order valence-corrected chi connectivity index (χ3v) is 3.67. The average molecular weight is 334 g/mol. The number of hydrogen-bond donors (Lipinski definition) is 2. The molecule has 24 heavy (non-hydrogen) atoms. The molecular formula is C17H22N2O5. The SMILES string of the molecule is CCCOC(=O)C1=C(C)NC(=O)N[C@@H]1c1cc(OC)ccc1OC. The van der Waals surface area contributed by atoms with Crippen molar-refractivity contribution in [3.8, 4) is 11.5 Å². The fourth-order valence-electron chi connectivity index (χ4n) is 2.54. The molecular weight excluding hydrogens is 312 g/mol. The summed E-state index contributed by atoms with van der Waals surface area (Å²) < 4.78 is 15.9. The van der Waals surface area contributed by atoms with Gasteiger partial charge in [0.15, 0.2) is 0 Å². The Morgan fingerprint density at radius 1 is 1.25 bits per heavy atom. The lowest BCUT2D eigenvalue weighted by Crippen LogP contribution is -2.45. The van der Waals surface area contributed by atoms with Gasteiger partial charge in [-0.25, -0.2) is 9.59 Å². The molecule has 0 unspecified atom stereocenters. The van der Waals surface area contributed by atoms with E-state index in [-0.39, 0.29) is 0 Å². The number of ether oxygens (including phenoxy) is 3.